The zero-order valence-corrected chi connectivity index (χ0v) is 17.8. The number of carbonyl (C=O) groups is 2. The van der Waals surface area contributed by atoms with Gasteiger partial charge in [-0.05, 0) is 17.7 Å². The first-order chi connectivity index (χ1) is 14.7. The molecule has 0 amide bonds. The highest BCUT2D eigenvalue weighted by Crippen LogP contribution is 2.25. The van der Waals surface area contributed by atoms with Gasteiger partial charge in [0.05, 0.1) is 22.2 Å². The van der Waals surface area contributed by atoms with E-state index in [1.165, 1.54) is 19.2 Å². The number of halogens is 2. The van der Waals surface area contributed by atoms with Crippen LogP contribution in [0.5, 0.6) is 0 Å². The zero-order chi connectivity index (χ0) is 22.7. The number of hydrogen-bond donors (Lipinski definition) is 1. The molecule has 0 saturated carbocycles. The minimum atomic E-state index is -0.933. The molecular formula is C21H17Cl2N3O5. The van der Waals surface area contributed by atoms with Crippen molar-refractivity contribution in [3.05, 3.63) is 96.1 Å². The number of ether oxygens (including phenoxy) is 1. The molecule has 0 radical (unpaired) electrons. The smallest absolute Gasteiger partial charge is 0.341 e. The van der Waals surface area contributed by atoms with E-state index >= 15 is 0 Å². The fraction of sp³-hybridized carbons (Fsp3) is 0.143. The van der Waals surface area contributed by atoms with Gasteiger partial charge in [-0.25, -0.2) is 9.59 Å². The summed E-state index contributed by atoms with van der Waals surface area (Å²) in [6.07, 6.45) is 0. The van der Waals surface area contributed by atoms with Gasteiger partial charge in [-0.3, -0.25) is 18.7 Å². The number of aromatic nitrogens is 2. The largest absolute Gasteiger partial charge is 0.454 e. The van der Waals surface area contributed by atoms with E-state index in [-0.39, 0.29) is 28.0 Å². The van der Waals surface area contributed by atoms with Crippen LogP contribution in [-0.4, -0.2) is 27.5 Å². The molecule has 0 aliphatic rings. The molecule has 10 heteroatoms. The maximum atomic E-state index is 12.7. The summed E-state index contributed by atoms with van der Waals surface area (Å²) in [5.41, 5.74) is 4.64. The number of nitrogens with zero attached hydrogens (tertiary/aromatic N) is 2. The second-order valence-electron chi connectivity index (χ2n) is 6.57. The Morgan fingerprint density at radius 2 is 1.58 bits per heavy atom. The van der Waals surface area contributed by atoms with E-state index in [1.807, 2.05) is 6.07 Å². The van der Waals surface area contributed by atoms with Gasteiger partial charge in [0.15, 0.2) is 6.61 Å². The van der Waals surface area contributed by atoms with Crippen molar-refractivity contribution in [1.29, 1.82) is 0 Å². The van der Waals surface area contributed by atoms with Crippen LogP contribution >= 0.6 is 23.2 Å². The van der Waals surface area contributed by atoms with Crippen molar-refractivity contribution in [2.75, 3.05) is 12.3 Å². The summed E-state index contributed by atoms with van der Waals surface area (Å²) in [5, 5.41) is 0.105. The average molecular weight is 462 g/mol. The molecule has 8 nitrogen and oxygen atoms in total. The molecule has 31 heavy (non-hydrogen) atoms. The van der Waals surface area contributed by atoms with Crippen LogP contribution in [0.2, 0.25) is 10.0 Å². The highest BCUT2D eigenvalue weighted by atomic mass is 35.5. The average Bonchev–Trinajstić information content (AvgIpc) is 2.74. The molecule has 0 spiro atoms. The Bertz CT molecular complexity index is 1260. The molecule has 0 aliphatic carbocycles. The number of benzene rings is 2. The fourth-order valence-electron chi connectivity index (χ4n) is 2.93. The van der Waals surface area contributed by atoms with E-state index in [4.69, 9.17) is 33.7 Å². The van der Waals surface area contributed by atoms with Gasteiger partial charge >= 0.3 is 11.7 Å². The molecule has 1 heterocycles. The second-order valence-corrected chi connectivity index (χ2v) is 7.39. The maximum Gasteiger partial charge on any atom is 0.341 e. The predicted octanol–water partition coefficient (Wildman–Crippen LogP) is 2.52. The number of nitrogen functional groups attached to an aromatic ring is 1. The molecule has 0 unspecified atom stereocenters. The molecule has 2 N–H and O–H groups in total. The molecule has 0 saturated heterocycles. The number of nitrogens with two attached hydrogens (primary N) is 1. The molecule has 1 aromatic heterocycles. The van der Waals surface area contributed by atoms with E-state index in [0.29, 0.717) is 0 Å². The summed E-state index contributed by atoms with van der Waals surface area (Å²) in [6, 6.07) is 13.4. The van der Waals surface area contributed by atoms with Crippen LogP contribution in [-0.2, 0) is 18.3 Å². The molecule has 0 atom stereocenters. The first kappa shape index (κ1) is 22.3. The van der Waals surface area contributed by atoms with Crippen molar-refractivity contribution in [3.63, 3.8) is 0 Å². The van der Waals surface area contributed by atoms with Gasteiger partial charge in [-0.15, -0.1) is 0 Å². The van der Waals surface area contributed by atoms with Crippen LogP contribution in [0.25, 0.3) is 0 Å². The molecule has 3 rings (SSSR count). The molecule has 160 valence electrons. The SMILES string of the molecule is Cn1c(=O)c(C(=O)COC(=O)c2c(Cl)cccc2Cl)c(N)n(Cc2ccccc2)c1=O. The minimum Gasteiger partial charge on any atom is -0.454 e. The third kappa shape index (κ3) is 4.55. The number of hydrogen-bond acceptors (Lipinski definition) is 6. The predicted molar refractivity (Wildman–Crippen MR) is 117 cm³/mol. The fourth-order valence-corrected chi connectivity index (χ4v) is 3.48. The zero-order valence-electron chi connectivity index (χ0n) is 16.3. The number of carbonyl (C=O) groups excluding carboxylic acids is 2. The van der Waals surface area contributed by atoms with Crippen molar-refractivity contribution in [3.8, 4) is 0 Å². The molecule has 2 aromatic carbocycles. The van der Waals surface area contributed by atoms with Crippen molar-refractivity contribution in [2.45, 2.75) is 6.54 Å². The Morgan fingerprint density at radius 1 is 0.968 bits per heavy atom. The van der Waals surface area contributed by atoms with Crippen LogP contribution in [0.4, 0.5) is 5.82 Å². The Labute approximate surface area is 186 Å². The van der Waals surface area contributed by atoms with Gasteiger partial charge in [0.2, 0.25) is 5.78 Å². The topological polar surface area (TPSA) is 113 Å². The number of esters is 1. The number of ketones is 1. The van der Waals surface area contributed by atoms with E-state index < -0.39 is 35.2 Å². The highest BCUT2D eigenvalue weighted by Gasteiger charge is 2.24. The van der Waals surface area contributed by atoms with Crippen molar-refractivity contribution >= 4 is 40.8 Å². The van der Waals surface area contributed by atoms with Gasteiger partial charge in [-0.1, -0.05) is 59.6 Å². The quantitative estimate of drug-likeness (QED) is 0.445. The Kier molecular flexibility index (Phi) is 6.62. The maximum absolute atomic E-state index is 12.7. The third-order valence-corrected chi connectivity index (χ3v) is 5.18. The van der Waals surface area contributed by atoms with Gasteiger partial charge in [-0.2, -0.15) is 0 Å². The molecule has 0 fully saturated rings. The van der Waals surface area contributed by atoms with Crippen LogP contribution in [0.1, 0.15) is 26.3 Å². The van der Waals surface area contributed by atoms with Gasteiger partial charge in [0.1, 0.15) is 11.4 Å². The lowest BCUT2D eigenvalue weighted by molar-refractivity contribution is 0.0474. The second kappa shape index (κ2) is 9.20. The summed E-state index contributed by atoms with van der Waals surface area (Å²) in [7, 11) is 1.23. The van der Waals surface area contributed by atoms with E-state index in [0.717, 1.165) is 14.7 Å². The standard InChI is InChI=1S/C21H17Cl2N3O5/c1-25-19(28)17(18(24)26(21(25)30)10-12-6-3-2-4-7-12)15(27)11-31-20(29)16-13(22)8-5-9-14(16)23/h2-9H,10-11,24H2,1H3. The molecule has 0 bridgehead atoms. The van der Waals surface area contributed by atoms with E-state index in [9.17, 15) is 19.2 Å². The first-order valence-corrected chi connectivity index (χ1v) is 9.75. The molecular weight excluding hydrogens is 445 g/mol. The number of Topliss-reactive ketones (excluding diaryl/α,β-unsaturated/α-hetero) is 1. The third-order valence-electron chi connectivity index (χ3n) is 4.55. The lowest BCUT2D eigenvalue weighted by Crippen LogP contribution is -2.43. The monoisotopic (exact) mass is 461 g/mol. The lowest BCUT2D eigenvalue weighted by atomic mass is 10.1. The molecule has 3 aromatic rings. The van der Waals surface area contributed by atoms with Gasteiger partial charge in [0.25, 0.3) is 5.56 Å². The Hall–Kier alpha value is -3.36. The summed E-state index contributed by atoms with van der Waals surface area (Å²) in [6.45, 7) is -0.738. The molecule has 0 aliphatic heterocycles. The number of rotatable bonds is 6. The Morgan fingerprint density at radius 3 is 2.19 bits per heavy atom. The van der Waals surface area contributed by atoms with Crippen molar-refractivity contribution < 1.29 is 14.3 Å². The van der Waals surface area contributed by atoms with Crippen LogP contribution in [0.3, 0.4) is 0 Å². The van der Waals surface area contributed by atoms with Crippen LogP contribution in [0, 0.1) is 0 Å². The van der Waals surface area contributed by atoms with Crippen molar-refractivity contribution in [1.82, 2.24) is 9.13 Å². The lowest BCUT2D eigenvalue weighted by Gasteiger charge is -2.15. The number of anilines is 1. The highest BCUT2D eigenvalue weighted by molar-refractivity contribution is 6.39. The minimum absolute atomic E-state index is 0.0505. The van der Waals surface area contributed by atoms with Crippen LogP contribution < -0.4 is 17.0 Å². The normalized spacial score (nSPS) is 10.7. The Balaban J connectivity index is 1.91. The van der Waals surface area contributed by atoms with Gasteiger partial charge < -0.3 is 10.5 Å². The summed E-state index contributed by atoms with van der Waals surface area (Å²) in [4.78, 5) is 50.1. The van der Waals surface area contributed by atoms with E-state index in [2.05, 4.69) is 0 Å². The van der Waals surface area contributed by atoms with Crippen LogP contribution in [0.15, 0.2) is 58.1 Å². The first-order valence-electron chi connectivity index (χ1n) is 9.00. The van der Waals surface area contributed by atoms with E-state index in [1.54, 1.807) is 30.3 Å². The van der Waals surface area contributed by atoms with Crippen molar-refractivity contribution in [2.24, 2.45) is 7.05 Å². The summed E-state index contributed by atoms with van der Waals surface area (Å²) in [5.74, 6) is -2.11. The summed E-state index contributed by atoms with van der Waals surface area (Å²) < 4.78 is 6.88. The van der Waals surface area contributed by atoms with Gasteiger partial charge in [0, 0.05) is 7.05 Å². The summed E-state index contributed by atoms with van der Waals surface area (Å²) >= 11 is 11.9.